The minimum Gasteiger partial charge on any atom is -0.457 e. The van der Waals surface area contributed by atoms with E-state index in [1.165, 1.54) is 23.3 Å². The van der Waals surface area contributed by atoms with Crippen molar-refractivity contribution >= 4 is 45.1 Å². The number of hydrogen-bond acceptors (Lipinski definition) is 9. The third kappa shape index (κ3) is 6.64. The van der Waals surface area contributed by atoms with Gasteiger partial charge in [-0.05, 0) is 86.6 Å². The molecule has 2 aliphatic heterocycles. The summed E-state index contributed by atoms with van der Waals surface area (Å²) in [5, 5.41) is 8.38. The lowest BCUT2D eigenvalue weighted by atomic mass is 9.85. The molecule has 3 aliphatic rings. The predicted octanol–water partition coefficient (Wildman–Crippen LogP) is 6.49. The van der Waals surface area contributed by atoms with Crippen LogP contribution in [0.4, 0.5) is 15.9 Å². The van der Waals surface area contributed by atoms with Crippen molar-refractivity contribution in [3.8, 4) is 22.8 Å². The molecule has 3 aromatic heterocycles. The lowest BCUT2D eigenvalue weighted by Crippen LogP contribution is -2.48. The summed E-state index contributed by atoms with van der Waals surface area (Å²) >= 11 is 0. The number of rotatable bonds is 8. The predicted molar refractivity (Wildman–Crippen MR) is 205 cm³/mol. The SMILES string of the molecule is [2H]C1([2H])N(CC2CCC(n3nc(-c4ccc(Oc5ccccc5)cc4)c4c(N)ncnc43)CC2)C([2H])([2H])C([2H])([2H])N(c2cc3cn(C4CCC(=O)NC4=O)cc3cc2F)C1([2H])[2H]. The fourth-order valence-corrected chi connectivity index (χ4v) is 7.57. The Morgan fingerprint density at radius 2 is 1.61 bits per heavy atom. The van der Waals surface area contributed by atoms with Crippen LogP contribution in [0.2, 0.25) is 0 Å². The van der Waals surface area contributed by atoms with Crippen molar-refractivity contribution in [1.82, 2.24) is 34.5 Å². The molecular weight excluding hydrogens is 686 g/mol. The third-order valence-electron chi connectivity index (χ3n) is 10.4. The number of nitrogens with zero attached hydrogens (tertiary/aromatic N) is 7. The fraction of sp³-hybridized carbons (Fsp3) is 0.341. The molecule has 13 heteroatoms. The Balaban J connectivity index is 0.945. The van der Waals surface area contributed by atoms with Gasteiger partial charge in [0, 0.05) is 73.2 Å². The quantitative estimate of drug-likeness (QED) is 0.168. The number of benzene rings is 3. The standard InChI is InChI=1S/C41H42FN9O3/c42-33-20-28-23-50(34-14-15-36(52)46-41(34)53)24-29(28)21-35(33)49-18-16-48(17-19-49)22-26-6-10-30(11-7-26)51-40-37(39(43)44-25-45-40)38(47-51)27-8-12-32(13-9-27)54-31-4-2-1-3-5-31/h1-5,8-9,12-13,20-21,23-26,30,34H,6-7,10-11,14-19,22H2,(H2,43,44,45)(H,46,52,53)/i16D2,17D2,18D2,19D2. The number of carbonyl (C=O) groups is 2. The number of halogens is 1. The van der Waals surface area contributed by atoms with Crippen LogP contribution in [0.5, 0.6) is 11.5 Å². The first-order valence-electron chi connectivity index (χ1n) is 21.9. The van der Waals surface area contributed by atoms with E-state index in [1.807, 2.05) is 59.3 Å². The van der Waals surface area contributed by atoms with Crippen molar-refractivity contribution < 1.29 is 29.7 Å². The summed E-state index contributed by atoms with van der Waals surface area (Å²) in [7, 11) is 0. The molecule has 5 heterocycles. The summed E-state index contributed by atoms with van der Waals surface area (Å²) in [6.45, 7) is -13.2. The van der Waals surface area contributed by atoms with Crippen molar-refractivity contribution in [1.29, 1.82) is 0 Å². The monoisotopic (exact) mass is 735 g/mol. The molecule has 1 saturated carbocycles. The van der Waals surface area contributed by atoms with E-state index in [4.69, 9.17) is 26.5 Å². The molecule has 3 N–H and O–H groups in total. The number of amides is 2. The number of nitrogen functional groups attached to an aromatic ring is 1. The van der Waals surface area contributed by atoms with Crippen molar-refractivity contribution in [2.75, 3.05) is 43.2 Å². The van der Waals surface area contributed by atoms with Gasteiger partial charge < -0.3 is 19.9 Å². The van der Waals surface area contributed by atoms with Gasteiger partial charge in [0.15, 0.2) is 5.65 Å². The normalized spacial score (nSPS) is 27.1. The summed E-state index contributed by atoms with van der Waals surface area (Å²) in [4.78, 5) is 33.8. The van der Waals surface area contributed by atoms with Gasteiger partial charge in [-0.25, -0.2) is 19.0 Å². The number of hydrogen-bond donors (Lipinski definition) is 2. The molecule has 1 atom stereocenters. The number of ether oxygens (including phenoxy) is 1. The van der Waals surface area contributed by atoms with Crippen LogP contribution in [0.25, 0.3) is 33.1 Å². The number of imide groups is 1. The van der Waals surface area contributed by atoms with E-state index >= 15 is 4.39 Å². The molecule has 276 valence electrons. The number of piperazine rings is 1. The van der Waals surface area contributed by atoms with Crippen molar-refractivity contribution in [3.63, 3.8) is 0 Å². The van der Waals surface area contributed by atoms with E-state index in [2.05, 4.69) is 15.3 Å². The van der Waals surface area contributed by atoms with Gasteiger partial charge in [0.05, 0.1) is 22.6 Å². The van der Waals surface area contributed by atoms with Gasteiger partial charge in [-0.3, -0.25) is 19.8 Å². The summed E-state index contributed by atoms with van der Waals surface area (Å²) < 4.78 is 97.9. The van der Waals surface area contributed by atoms with E-state index in [-0.39, 0.29) is 52.8 Å². The maximum Gasteiger partial charge on any atom is 0.249 e. The second-order valence-electron chi connectivity index (χ2n) is 13.9. The van der Waals surface area contributed by atoms with Crippen molar-refractivity contribution in [2.45, 2.75) is 50.6 Å². The summed E-state index contributed by atoms with van der Waals surface area (Å²) in [5.41, 5.74) is 7.58. The number of carbonyl (C=O) groups excluding carboxylic acids is 2. The summed E-state index contributed by atoms with van der Waals surface area (Å²) in [6, 6.07) is 18.0. The van der Waals surface area contributed by atoms with Crippen LogP contribution >= 0.6 is 0 Å². The lowest BCUT2D eigenvalue weighted by Gasteiger charge is -2.39. The Morgan fingerprint density at radius 3 is 2.35 bits per heavy atom. The Bertz CT molecular complexity index is 2680. The van der Waals surface area contributed by atoms with Gasteiger partial charge in [0.1, 0.15) is 41.2 Å². The van der Waals surface area contributed by atoms with Gasteiger partial charge in [-0.1, -0.05) is 18.2 Å². The minimum absolute atomic E-state index is 0.0940. The highest BCUT2D eigenvalue weighted by atomic mass is 19.1. The summed E-state index contributed by atoms with van der Waals surface area (Å²) in [5.74, 6) is -0.849. The van der Waals surface area contributed by atoms with Gasteiger partial charge in [-0.15, -0.1) is 0 Å². The smallest absolute Gasteiger partial charge is 0.249 e. The van der Waals surface area contributed by atoms with Gasteiger partial charge in [0.2, 0.25) is 11.8 Å². The average Bonchev–Trinajstić information content (AvgIpc) is 3.82. The highest BCUT2D eigenvalue weighted by Crippen LogP contribution is 2.39. The number of fused-ring (bicyclic) bond motifs is 2. The highest BCUT2D eigenvalue weighted by Gasteiger charge is 2.31. The van der Waals surface area contributed by atoms with Crippen molar-refractivity contribution in [3.05, 3.63) is 91.3 Å². The molecule has 0 bridgehead atoms. The molecular formula is C41H42FN9O3. The molecule has 0 spiro atoms. The molecule has 6 aromatic rings. The molecule has 9 rings (SSSR count). The zero-order valence-corrected chi connectivity index (χ0v) is 29.1. The van der Waals surface area contributed by atoms with Crippen LogP contribution in [0.15, 0.2) is 85.5 Å². The van der Waals surface area contributed by atoms with Crippen LogP contribution in [0, 0.1) is 11.7 Å². The maximum absolute atomic E-state index is 16.0. The molecule has 54 heavy (non-hydrogen) atoms. The number of nitrogens with one attached hydrogen (secondary N) is 1. The maximum atomic E-state index is 16.0. The van der Waals surface area contributed by atoms with E-state index in [0.717, 1.165) is 17.7 Å². The first-order valence-corrected chi connectivity index (χ1v) is 17.9. The van der Waals surface area contributed by atoms with Gasteiger partial charge in [-0.2, -0.15) is 5.10 Å². The first-order chi connectivity index (χ1) is 29.4. The van der Waals surface area contributed by atoms with E-state index in [0.29, 0.717) is 58.8 Å². The average molecular weight is 736 g/mol. The molecule has 3 aromatic carbocycles. The molecule has 1 aliphatic carbocycles. The van der Waals surface area contributed by atoms with Crippen LogP contribution in [-0.2, 0) is 9.59 Å². The molecule has 2 amide bonds. The number of anilines is 2. The molecule has 0 radical (unpaired) electrons. The van der Waals surface area contributed by atoms with Crippen LogP contribution in [0.1, 0.15) is 61.6 Å². The first kappa shape index (κ1) is 26.0. The van der Waals surface area contributed by atoms with Gasteiger partial charge >= 0.3 is 0 Å². The fourth-order valence-electron chi connectivity index (χ4n) is 7.57. The van der Waals surface area contributed by atoms with E-state index < -0.39 is 55.3 Å². The number of aromatic nitrogens is 5. The Hall–Kier alpha value is -5.82. The zero-order valence-electron chi connectivity index (χ0n) is 37.1. The van der Waals surface area contributed by atoms with Crippen LogP contribution < -0.4 is 20.7 Å². The van der Waals surface area contributed by atoms with Crippen LogP contribution in [-0.4, -0.2) is 73.6 Å². The molecule has 2 saturated heterocycles. The second kappa shape index (κ2) is 14.2. The number of piperidine rings is 1. The van der Waals surface area contributed by atoms with Crippen LogP contribution in [0.3, 0.4) is 0 Å². The Kier molecular flexibility index (Phi) is 6.85. The van der Waals surface area contributed by atoms with E-state index in [1.54, 1.807) is 0 Å². The topological polar surface area (TPSA) is 136 Å². The second-order valence-corrected chi connectivity index (χ2v) is 13.9. The Morgan fingerprint density at radius 1 is 0.889 bits per heavy atom. The minimum atomic E-state index is -3.30. The number of para-hydroxylation sites is 1. The third-order valence-corrected chi connectivity index (χ3v) is 10.4. The number of nitrogens with two attached hydrogens (primary N) is 1. The Labute approximate surface area is 323 Å². The zero-order chi connectivity index (χ0) is 43.9. The molecule has 12 nitrogen and oxygen atoms in total. The summed E-state index contributed by atoms with van der Waals surface area (Å²) in [6.07, 6.45) is 6.55. The molecule has 1 unspecified atom stereocenters. The lowest BCUT2D eigenvalue weighted by molar-refractivity contribution is -0.135. The molecule has 3 fully saturated rings. The highest BCUT2D eigenvalue weighted by molar-refractivity contribution is 6.00. The largest absolute Gasteiger partial charge is 0.457 e. The van der Waals surface area contributed by atoms with Crippen molar-refractivity contribution in [2.24, 2.45) is 5.92 Å². The van der Waals surface area contributed by atoms with Gasteiger partial charge in [0.25, 0.3) is 0 Å². The van der Waals surface area contributed by atoms with E-state index in [9.17, 15) is 9.59 Å².